The summed E-state index contributed by atoms with van der Waals surface area (Å²) in [5, 5.41) is 5.34. The third-order valence-corrected chi connectivity index (χ3v) is 7.02. The molecule has 0 saturated carbocycles. The number of likely N-dealkylation sites (tertiary alicyclic amines) is 1. The van der Waals surface area contributed by atoms with Crippen LogP contribution in [0.3, 0.4) is 0 Å². The number of hydrogen-bond acceptors (Lipinski definition) is 7. The lowest BCUT2D eigenvalue weighted by Crippen LogP contribution is -2.49. The van der Waals surface area contributed by atoms with Crippen LogP contribution in [0.15, 0.2) is 18.2 Å². The maximum Gasteiger partial charge on any atom is 0.410 e. The van der Waals surface area contributed by atoms with Gasteiger partial charge in [-0.2, -0.15) is 0 Å². The molecule has 0 aliphatic carbocycles. The maximum atomic E-state index is 14.9. The molecule has 0 spiro atoms. The summed E-state index contributed by atoms with van der Waals surface area (Å²) in [5.41, 5.74) is 0.619. The van der Waals surface area contributed by atoms with Crippen LogP contribution < -0.4 is 15.5 Å². The molecule has 198 valence electrons. The number of nitrogens with zero attached hydrogens (tertiary/aromatic N) is 3. The number of piperazine rings is 1. The predicted octanol–water partition coefficient (Wildman–Crippen LogP) is 2.81. The average molecular weight is 504 g/mol. The predicted molar refractivity (Wildman–Crippen MR) is 135 cm³/mol. The van der Waals surface area contributed by atoms with Gasteiger partial charge in [0.25, 0.3) is 0 Å². The number of amides is 3. The number of nitrogens with one attached hydrogen (secondary N) is 2. The number of imide groups is 1. The Bertz CT molecular complexity index is 966. The van der Waals surface area contributed by atoms with Crippen molar-refractivity contribution in [2.45, 2.75) is 58.1 Å². The lowest BCUT2D eigenvalue weighted by molar-refractivity contribution is -0.133. The highest BCUT2D eigenvalue weighted by molar-refractivity contribution is 6.01. The fraction of sp³-hybridized carbons (Fsp3) is 0.654. The smallest absolute Gasteiger partial charge is 0.410 e. The number of anilines is 2. The van der Waals surface area contributed by atoms with Crippen molar-refractivity contribution in [2.24, 2.45) is 5.92 Å². The van der Waals surface area contributed by atoms with E-state index in [2.05, 4.69) is 20.4 Å². The van der Waals surface area contributed by atoms with E-state index in [9.17, 15) is 18.8 Å². The van der Waals surface area contributed by atoms with Crippen LogP contribution in [0.5, 0.6) is 0 Å². The number of carbonyl (C=O) groups is 3. The summed E-state index contributed by atoms with van der Waals surface area (Å²) >= 11 is 0. The van der Waals surface area contributed by atoms with Crippen LogP contribution in [0.25, 0.3) is 0 Å². The van der Waals surface area contributed by atoms with Gasteiger partial charge < -0.3 is 19.9 Å². The zero-order chi connectivity index (χ0) is 25.9. The summed E-state index contributed by atoms with van der Waals surface area (Å²) in [5.74, 6) is -0.424. The monoisotopic (exact) mass is 503 g/mol. The number of hydrogen-bond donors (Lipinski definition) is 2. The molecule has 1 aromatic carbocycles. The molecule has 3 aliphatic heterocycles. The first-order chi connectivity index (χ1) is 17.1. The zero-order valence-electron chi connectivity index (χ0n) is 21.5. The van der Waals surface area contributed by atoms with Crippen molar-refractivity contribution < 1.29 is 23.5 Å². The summed E-state index contributed by atoms with van der Waals surface area (Å²) in [4.78, 5) is 41.8. The van der Waals surface area contributed by atoms with E-state index in [1.165, 1.54) is 6.07 Å². The molecule has 36 heavy (non-hydrogen) atoms. The fourth-order valence-corrected chi connectivity index (χ4v) is 5.05. The van der Waals surface area contributed by atoms with Gasteiger partial charge in [0.2, 0.25) is 11.8 Å². The van der Waals surface area contributed by atoms with E-state index in [0.29, 0.717) is 23.7 Å². The highest BCUT2D eigenvalue weighted by Crippen LogP contribution is 2.26. The molecule has 2 N–H and O–H groups in total. The first kappa shape index (κ1) is 26.2. The SMILES string of the molecule is CC(C)(C)OC(=O)N1CCC(CN2CCN(c3ccc(N[C@H]4CCC(=O)NC4=O)cc3F)CC2)CC1. The lowest BCUT2D eigenvalue weighted by atomic mass is 9.96. The Morgan fingerprint density at radius 2 is 1.78 bits per heavy atom. The summed E-state index contributed by atoms with van der Waals surface area (Å²) in [7, 11) is 0. The van der Waals surface area contributed by atoms with Gasteiger partial charge in [-0.3, -0.25) is 19.8 Å². The van der Waals surface area contributed by atoms with Crippen molar-refractivity contribution in [1.82, 2.24) is 15.1 Å². The molecule has 3 aliphatic rings. The number of rotatable bonds is 5. The van der Waals surface area contributed by atoms with Crippen LogP contribution in [0.2, 0.25) is 0 Å². The van der Waals surface area contributed by atoms with Crippen LogP contribution in [0.4, 0.5) is 20.6 Å². The number of piperidine rings is 2. The lowest BCUT2D eigenvalue weighted by Gasteiger charge is -2.39. The quantitative estimate of drug-likeness (QED) is 0.597. The molecule has 1 atom stereocenters. The minimum absolute atomic E-state index is 0.227. The van der Waals surface area contributed by atoms with Gasteiger partial charge in [0.1, 0.15) is 17.5 Å². The van der Waals surface area contributed by atoms with Gasteiger partial charge in [-0.15, -0.1) is 0 Å². The van der Waals surface area contributed by atoms with Crippen molar-refractivity contribution in [3.05, 3.63) is 24.0 Å². The third kappa shape index (κ3) is 6.87. The molecule has 3 amide bonds. The number of halogens is 1. The van der Waals surface area contributed by atoms with Gasteiger partial charge in [-0.25, -0.2) is 9.18 Å². The first-order valence-corrected chi connectivity index (χ1v) is 12.9. The molecular weight excluding hydrogens is 465 g/mol. The minimum Gasteiger partial charge on any atom is -0.444 e. The van der Waals surface area contributed by atoms with E-state index < -0.39 is 11.6 Å². The number of carbonyl (C=O) groups excluding carboxylic acids is 3. The third-order valence-electron chi connectivity index (χ3n) is 7.02. The standard InChI is InChI=1S/C26H38FN5O4/c1-26(2,3)36-25(35)32-10-8-18(9-11-32)17-30-12-14-31(15-13-30)22-6-4-19(16-20(22)27)28-21-5-7-23(33)29-24(21)34/h4,6,16,18,21,28H,5,7-15,17H2,1-3H3,(H,29,33,34)/t21-/m0/s1. The van der Waals surface area contributed by atoms with Crippen LogP contribution in [0.1, 0.15) is 46.5 Å². The van der Waals surface area contributed by atoms with E-state index in [4.69, 9.17) is 4.74 Å². The average Bonchev–Trinajstić information content (AvgIpc) is 2.81. The second-order valence-electron chi connectivity index (χ2n) is 11.0. The van der Waals surface area contributed by atoms with Crippen molar-refractivity contribution in [3.63, 3.8) is 0 Å². The molecule has 0 bridgehead atoms. The first-order valence-electron chi connectivity index (χ1n) is 12.9. The van der Waals surface area contributed by atoms with E-state index >= 15 is 0 Å². The highest BCUT2D eigenvalue weighted by Gasteiger charge is 2.29. The second-order valence-corrected chi connectivity index (χ2v) is 11.0. The topological polar surface area (TPSA) is 94.2 Å². The Hall–Kier alpha value is -2.88. The molecule has 3 heterocycles. The Balaban J connectivity index is 1.21. The summed E-state index contributed by atoms with van der Waals surface area (Å²) < 4.78 is 20.4. The van der Waals surface area contributed by atoms with Gasteiger partial charge in [0.05, 0.1) is 5.69 Å². The Kier molecular flexibility index (Phi) is 8.02. The van der Waals surface area contributed by atoms with Gasteiger partial charge in [-0.05, 0) is 64.2 Å². The van der Waals surface area contributed by atoms with Gasteiger partial charge in [0, 0.05) is 57.9 Å². The van der Waals surface area contributed by atoms with E-state index in [0.717, 1.165) is 58.7 Å². The summed E-state index contributed by atoms with van der Waals surface area (Å²) in [6.45, 7) is 11.3. The Morgan fingerprint density at radius 1 is 1.08 bits per heavy atom. The summed E-state index contributed by atoms with van der Waals surface area (Å²) in [6.07, 6.45) is 2.38. The van der Waals surface area contributed by atoms with Gasteiger partial charge in [-0.1, -0.05) is 0 Å². The summed E-state index contributed by atoms with van der Waals surface area (Å²) in [6, 6.07) is 4.43. The van der Waals surface area contributed by atoms with E-state index in [-0.39, 0.29) is 30.1 Å². The zero-order valence-corrected chi connectivity index (χ0v) is 21.5. The van der Waals surface area contributed by atoms with Crippen molar-refractivity contribution in [2.75, 3.05) is 56.0 Å². The van der Waals surface area contributed by atoms with Gasteiger partial charge in [0.15, 0.2) is 0 Å². The molecule has 0 aromatic heterocycles. The molecular formula is C26H38FN5O4. The maximum absolute atomic E-state index is 14.9. The largest absolute Gasteiger partial charge is 0.444 e. The Labute approximate surface area is 212 Å². The van der Waals surface area contributed by atoms with Crippen LogP contribution in [0, 0.1) is 11.7 Å². The van der Waals surface area contributed by atoms with Crippen LogP contribution >= 0.6 is 0 Å². The minimum atomic E-state index is -0.535. The molecule has 9 nitrogen and oxygen atoms in total. The normalized spacial score (nSPS) is 22.4. The molecule has 3 saturated heterocycles. The molecule has 3 fully saturated rings. The molecule has 1 aromatic rings. The van der Waals surface area contributed by atoms with E-state index in [1.54, 1.807) is 17.0 Å². The van der Waals surface area contributed by atoms with Crippen LogP contribution in [-0.4, -0.2) is 85.2 Å². The van der Waals surface area contributed by atoms with Crippen molar-refractivity contribution in [3.8, 4) is 0 Å². The van der Waals surface area contributed by atoms with Crippen molar-refractivity contribution >= 4 is 29.3 Å². The van der Waals surface area contributed by atoms with Crippen molar-refractivity contribution in [1.29, 1.82) is 0 Å². The molecule has 10 heteroatoms. The van der Waals surface area contributed by atoms with Crippen LogP contribution in [-0.2, 0) is 14.3 Å². The van der Waals surface area contributed by atoms with E-state index in [1.807, 2.05) is 20.8 Å². The molecule has 0 radical (unpaired) electrons. The number of benzene rings is 1. The van der Waals surface area contributed by atoms with Gasteiger partial charge >= 0.3 is 6.09 Å². The fourth-order valence-electron chi connectivity index (χ4n) is 5.05. The Morgan fingerprint density at radius 3 is 2.39 bits per heavy atom. The number of ether oxygens (including phenoxy) is 1. The second kappa shape index (κ2) is 11.0. The molecule has 4 rings (SSSR count). The molecule has 0 unspecified atom stereocenters. The highest BCUT2D eigenvalue weighted by atomic mass is 19.1.